The number of rotatable bonds is 2. The summed E-state index contributed by atoms with van der Waals surface area (Å²) in [5.41, 5.74) is 4.94. The first-order chi connectivity index (χ1) is 8.78. The smallest absolute Gasteiger partial charge is 0.222 e. The monoisotopic (exact) mass is 306 g/mol. The van der Waals surface area contributed by atoms with Gasteiger partial charge in [-0.25, -0.2) is 4.98 Å². The van der Waals surface area contributed by atoms with Gasteiger partial charge in [0, 0.05) is 22.8 Å². The first kappa shape index (κ1) is 11.9. The molecule has 0 saturated carbocycles. The number of pyridine rings is 1. The normalized spacial score (nSPS) is 18.7. The Hall–Kier alpha value is -1.16. The number of hydrogen-bond donors (Lipinski definition) is 0. The van der Waals surface area contributed by atoms with Crippen molar-refractivity contribution in [2.45, 2.75) is 32.1 Å². The standard InChI is InChI=1S/C14H15BrN2O/c1-18-14-11(7-10(15)8-16-14)13-6-9-4-2-3-5-12(9)17-13/h7-8H,2-6H2,1H3. The molecule has 0 amide bonds. The lowest BCUT2D eigenvalue weighted by atomic mass is 9.94. The van der Waals surface area contributed by atoms with Gasteiger partial charge in [0.2, 0.25) is 5.88 Å². The molecule has 1 aromatic rings. The Kier molecular flexibility index (Phi) is 3.20. The molecule has 0 spiro atoms. The molecule has 94 valence electrons. The molecule has 4 heteroatoms. The van der Waals surface area contributed by atoms with Crippen LogP contribution in [0.25, 0.3) is 0 Å². The van der Waals surface area contributed by atoms with Crippen LogP contribution in [0.5, 0.6) is 5.88 Å². The van der Waals surface area contributed by atoms with Crippen molar-refractivity contribution in [1.29, 1.82) is 0 Å². The van der Waals surface area contributed by atoms with Crippen molar-refractivity contribution >= 4 is 21.6 Å². The summed E-state index contributed by atoms with van der Waals surface area (Å²) in [6.07, 6.45) is 7.61. The van der Waals surface area contributed by atoms with Crippen LogP contribution < -0.4 is 4.74 Å². The molecule has 0 saturated heterocycles. The third-order valence-electron chi connectivity index (χ3n) is 3.52. The zero-order chi connectivity index (χ0) is 12.5. The number of halogens is 1. The minimum absolute atomic E-state index is 0.664. The van der Waals surface area contributed by atoms with Crippen molar-refractivity contribution in [3.05, 3.63) is 33.6 Å². The Balaban J connectivity index is 1.96. The number of aliphatic imine (C=N–C) groups is 1. The quantitative estimate of drug-likeness (QED) is 0.831. The molecule has 0 aromatic carbocycles. The zero-order valence-electron chi connectivity index (χ0n) is 10.4. The van der Waals surface area contributed by atoms with Crippen LogP contribution in [0.3, 0.4) is 0 Å². The largest absolute Gasteiger partial charge is 0.481 e. The average molecular weight is 307 g/mol. The van der Waals surface area contributed by atoms with Crippen molar-refractivity contribution < 1.29 is 4.74 Å². The SMILES string of the molecule is COc1ncc(Br)cc1C1=NC2=C(CCCC2)C1. The summed E-state index contributed by atoms with van der Waals surface area (Å²) in [4.78, 5) is 9.08. The fraction of sp³-hybridized carbons (Fsp3) is 0.429. The molecule has 18 heavy (non-hydrogen) atoms. The van der Waals surface area contributed by atoms with E-state index in [-0.39, 0.29) is 0 Å². The topological polar surface area (TPSA) is 34.5 Å². The van der Waals surface area contributed by atoms with Gasteiger partial charge in [-0.15, -0.1) is 0 Å². The van der Waals surface area contributed by atoms with Crippen LogP contribution in [0.2, 0.25) is 0 Å². The molecule has 2 heterocycles. The number of aromatic nitrogens is 1. The van der Waals surface area contributed by atoms with E-state index < -0.39 is 0 Å². The third-order valence-corrected chi connectivity index (χ3v) is 3.96. The number of ether oxygens (including phenoxy) is 1. The summed E-state index contributed by atoms with van der Waals surface area (Å²) in [5.74, 6) is 0.664. The van der Waals surface area contributed by atoms with Gasteiger partial charge in [0.05, 0.1) is 18.4 Å². The van der Waals surface area contributed by atoms with Gasteiger partial charge < -0.3 is 4.74 Å². The first-order valence-electron chi connectivity index (χ1n) is 6.26. The molecule has 1 aromatic heterocycles. The number of methoxy groups -OCH3 is 1. The fourth-order valence-corrected chi connectivity index (χ4v) is 2.96. The molecule has 1 aliphatic carbocycles. The minimum atomic E-state index is 0.664. The summed E-state index contributed by atoms with van der Waals surface area (Å²) < 4.78 is 6.30. The molecule has 0 fully saturated rings. The summed E-state index contributed by atoms with van der Waals surface area (Å²) in [6, 6.07) is 2.04. The van der Waals surface area contributed by atoms with Crippen LogP contribution in [0.1, 0.15) is 37.7 Å². The van der Waals surface area contributed by atoms with Crippen LogP contribution in [0, 0.1) is 0 Å². The van der Waals surface area contributed by atoms with E-state index in [0.717, 1.165) is 28.6 Å². The van der Waals surface area contributed by atoms with Crippen molar-refractivity contribution in [3.8, 4) is 5.88 Å². The number of hydrogen-bond acceptors (Lipinski definition) is 3. The van der Waals surface area contributed by atoms with Crippen LogP contribution in [0.15, 0.2) is 33.0 Å². The maximum Gasteiger partial charge on any atom is 0.222 e. The van der Waals surface area contributed by atoms with Crippen molar-refractivity contribution in [2.75, 3.05) is 7.11 Å². The van der Waals surface area contributed by atoms with Crippen molar-refractivity contribution in [3.63, 3.8) is 0 Å². The summed E-state index contributed by atoms with van der Waals surface area (Å²) >= 11 is 3.46. The van der Waals surface area contributed by atoms with Gasteiger partial charge in [0.25, 0.3) is 0 Å². The lowest BCUT2D eigenvalue weighted by molar-refractivity contribution is 0.397. The second-order valence-electron chi connectivity index (χ2n) is 4.70. The predicted molar refractivity (Wildman–Crippen MR) is 75.1 cm³/mol. The molecule has 3 nitrogen and oxygen atoms in total. The maximum absolute atomic E-state index is 5.33. The Morgan fingerprint density at radius 3 is 2.89 bits per heavy atom. The van der Waals surface area contributed by atoms with Crippen molar-refractivity contribution in [2.24, 2.45) is 4.99 Å². The molecule has 0 bridgehead atoms. The molecule has 3 rings (SSSR count). The van der Waals surface area contributed by atoms with Gasteiger partial charge in [0.15, 0.2) is 0 Å². The van der Waals surface area contributed by atoms with E-state index in [4.69, 9.17) is 9.73 Å². The second-order valence-corrected chi connectivity index (χ2v) is 5.62. The minimum Gasteiger partial charge on any atom is -0.481 e. The zero-order valence-corrected chi connectivity index (χ0v) is 12.0. The highest BCUT2D eigenvalue weighted by molar-refractivity contribution is 9.10. The van der Waals surface area contributed by atoms with Crippen LogP contribution in [-0.2, 0) is 0 Å². The molecule has 2 aliphatic rings. The van der Waals surface area contributed by atoms with Gasteiger partial charge >= 0.3 is 0 Å². The lowest BCUT2D eigenvalue weighted by Crippen LogP contribution is -2.03. The highest BCUT2D eigenvalue weighted by Crippen LogP contribution is 2.36. The van der Waals surface area contributed by atoms with E-state index in [1.165, 1.54) is 30.5 Å². The van der Waals surface area contributed by atoms with Gasteiger partial charge in [0.1, 0.15) is 0 Å². The maximum atomic E-state index is 5.33. The number of allylic oxidation sites excluding steroid dienone is 2. The predicted octanol–water partition coefficient (Wildman–Crippen LogP) is 3.87. The first-order valence-corrected chi connectivity index (χ1v) is 7.05. The molecular formula is C14H15BrN2O. The summed E-state index contributed by atoms with van der Waals surface area (Å²) in [7, 11) is 1.66. The highest BCUT2D eigenvalue weighted by atomic mass is 79.9. The van der Waals surface area contributed by atoms with E-state index >= 15 is 0 Å². The molecule has 0 radical (unpaired) electrons. The van der Waals surface area contributed by atoms with Gasteiger partial charge in [-0.3, -0.25) is 4.99 Å². The van der Waals surface area contributed by atoms with Gasteiger partial charge in [-0.1, -0.05) is 0 Å². The summed E-state index contributed by atoms with van der Waals surface area (Å²) in [5, 5.41) is 0. The average Bonchev–Trinajstić information content (AvgIpc) is 2.82. The van der Waals surface area contributed by atoms with E-state index in [0.29, 0.717) is 5.88 Å². The van der Waals surface area contributed by atoms with E-state index in [9.17, 15) is 0 Å². The second kappa shape index (κ2) is 4.84. The van der Waals surface area contributed by atoms with E-state index in [1.807, 2.05) is 6.07 Å². The number of nitrogens with zero attached hydrogens (tertiary/aromatic N) is 2. The molecule has 1 aliphatic heterocycles. The molecular weight excluding hydrogens is 292 g/mol. The summed E-state index contributed by atoms with van der Waals surface area (Å²) in [6.45, 7) is 0. The Bertz CT molecular complexity index is 549. The van der Waals surface area contributed by atoms with E-state index in [1.54, 1.807) is 13.3 Å². The Morgan fingerprint density at radius 2 is 2.11 bits per heavy atom. The molecule has 0 unspecified atom stereocenters. The lowest BCUT2D eigenvalue weighted by Gasteiger charge is -2.11. The third kappa shape index (κ3) is 2.09. The van der Waals surface area contributed by atoms with Gasteiger partial charge in [-0.05, 0) is 53.3 Å². The fourth-order valence-electron chi connectivity index (χ4n) is 2.63. The van der Waals surface area contributed by atoms with Crippen LogP contribution in [0.4, 0.5) is 0 Å². The van der Waals surface area contributed by atoms with Crippen molar-refractivity contribution in [1.82, 2.24) is 4.98 Å². The Morgan fingerprint density at radius 1 is 1.28 bits per heavy atom. The molecule has 0 atom stereocenters. The van der Waals surface area contributed by atoms with Gasteiger partial charge in [-0.2, -0.15) is 0 Å². The van der Waals surface area contributed by atoms with Crippen LogP contribution >= 0.6 is 15.9 Å². The van der Waals surface area contributed by atoms with Crippen LogP contribution in [-0.4, -0.2) is 17.8 Å². The van der Waals surface area contributed by atoms with E-state index in [2.05, 4.69) is 20.9 Å². The Labute approximate surface area is 115 Å². The highest BCUT2D eigenvalue weighted by Gasteiger charge is 2.23. The molecule has 0 N–H and O–H groups in total.